The van der Waals surface area contributed by atoms with E-state index in [0.29, 0.717) is 31.2 Å². The van der Waals surface area contributed by atoms with Crippen LogP contribution in [0.4, 0.5) is 4.79 Å². The van der Waals surface area contributed by atoms with E-state index in [1.807, 2.05) is 18.7 Å². The zero-order valence-electron chi connectivity index (χ0n) is 12.0. The minimum absolute atomic E-state index is 0.000224. The molecule has 0 aromatic heterocycles. The number of amides is 2. The second-order valence-electron chi connectivity index (χ2n) is 5.93. The van der Waals surface area contributed by atoms with Gasteiger partial charge in [0.2, 0.25) is 0 Å². The quantitative estimate of drug-likeness (QED) is 0.837. The van der Waals surface area contributed by atoms with Gasteiger partial charge in [-0.25, -0.2) is 4.79 Å². The molecule has 0 unspecified atom stereocenters. The molecule has 0 radical (unpaired) electrons. The van der Waals surface area contributed by atoms with E-state index in [4.69, 9.17) is 0 Å². The van der Waals surface area contributed by atoms with E-state index in [1.54, 1.807) is 0 Å². The highest BCUT2D eigenvalue weighted by Crippen LogP contribution is 2.21. The molecular weight excluding hydrogens is 228 g/mol. The number of hydrogen-bond acceptors (Lipinski definition) is 2. The lowest BCUT2D eigenvalue weighted by atomic mass is 9.88. The van der Waals surface area contributed by atoms with Crippen molar-refractivity contribution >= 4 is 11.8 Å². The van der Waals surface area contributed by atoms with Gasteiger partial charge in [-0.3, -0.25) is 4.79 Å². The number of likely N-dealkylation sites (tertiary alicyclic amines) is 1. The molecule has 4 nitrogen and oxygen atoms in total. The fraction of sp³-hybridized carbons (Fsp3) is 0.857. The van der Waals surface area contributed by atoms with Crippen LogP contribution in [0.1, 0.15) is 47.0 Å². The van der Waals surface area contributed by atoms with Gasteiger partial charge in [0.25, 0.3) is 0 Å². The second-order valence-corrected chi connectivity index (χ2v) is 5.93. The second kappa shape index (κ2) is 6.76. The number of nitrogens with zero attached hydrogens (tertiary/aromatic N) is 1. The number of rotatable bonds is 4. The molecule has 1 aliphatic heterocycles. The topological polar surface area (TPSA) is 49.4 Å². The monoisotopic (exact) mass is 254 g/mol. The summed E-state index contributed by atoms with van der Waals surface area (Å²) in [6.07, 6.45) is 2.30. The first-order valence-electron chi connectivity index (χ1n) is 6.98. The van der Waals surface area contributed by atoms with Crippen LogP contribution in [-0.4, -0.2) is 35.8 Å². The molecule has 1 rings (SSSR count). The lowest BCUT2D eigenvalue weighted by Crippen LogP contribution is -2.47. The molecule has 104 valence electrons. The van der Waals surface area contributed by atoms with Gasteiger partial charge in [-0.15, -0.1) is 0 Å². The Hall–Kier alpha value is -1.06. The largest absolute Gasteiger partial charge is 0.336 e. The van der Waals surface area contributed by atoms with Gasteiger partial charge < -0.3 is 10.2 Å². The first-order chi connectivity index (χ1) is 8.40. The first kappa shape index (κ1) is 15.0. The molecular formula is C14H26N2O2. The number of carbonyl (C=O) groups excluding carboxylic acids is 2. The molecule has 0 aliphatic carbocycles. The molecule has 4 heteroatoms. The highest BCUT2D eigenvalue weighted by Gasteiger charge is 2.27. The molecule has 1 aliphatic rings. The number of hydrogen-bond donors (Lipinski definition) is 1. The predicted octanol–water partition coefficient (Wildman–Crippen LogP) is 2.43. The zero-order chi connectivity index (χ0) is 13.7. The molecule has 1 saturated heterocycles. The van der Waals surface area contributed by atoms with Gasteiger partial charge in [-0.1, -0.05) is 13.8 Å². The predicted molar refractivity (Wildman–Crippen MR) is 72.4 cm³/mol. The molecule has 0 saturated carbocycles. The fourth-order valence-electron chi connectivity index (χ4n) is 2.31. The van der Waals surface area contributed by atoms with Crippen molar-refractivity contribution in [1.82, 2.24) is 10.2 Å². The summed E-state index contributed by atoms with van der Waals surface area (Å²) < 4.78 is 0. The molecule has 1 fully saturated rings. The van der Waals surface area contributed by atoms with Crippen LogP contribution in [0.25, 0.3) is 0 Å². The van der Waals surface area contributed by atoms with Gasteiger partial charge in [0.1, 0.15) is 5.78 Å². The van der Waals surface area contributed by atoms with Gasteiger partial charge in [-0.05, 0) is 32.6 Å². The molecule has 1 N–H and O–H groups in total. The third-order valence-electron chi connectivity index (χ3n) is 3.26. The Bertz CT molecular complexity index is 262. The average Bonchev–Trinajstić information content (AvgIpc) is 2.27. The van der Waals surface area contributed by atoms with Gasteiger partial charge in [-0.2, -0.15) is 0 Å². The van der Waals surface area contributed by atoms with Crippen molar-refractivity contribution in [2.45, 2.75) is 53.0 Å². The Morgan fingerprint density at radius 1 is 1.17 bits per heavy atom. The number of Topliss-reactive ketones (excluding diaryl/α,β-unsaturated/α-hetero) is 1. The summed E-state index contributed by atoms with van der Waals surface area (Å²) in [5.74, 6) is 0.962. The van der Waals surface area contributed by atoms with E-state index < -0.39 is 0 Å². The van der Waals surface area contributed by atoms with Crippen molar-refractivity contribution in [3.8, 4) is 0 Å². The Morgan fingerprint density at radius 3 is 2.17 bits per heavy atom. The maximum Gasteiger partial charge on any atom is 0.317 e. The number of nitrogens with one attached hydrogen (secondary N) is 1. The highest BCUT2D eigenvalue weighted by molar-refractivity contribution is 5.81. The summed E-state index contributed by atoms with van der Waals surface area (Å²) >= 11 is 0. The fourth-order valence-corrected chi connectivity index (χ4v) is 2.31. The molecule has 1 heterocycles. The summed E-state index contributed by atoms with van der Waals surface area (Å²) in [6, 6.07) is 0.164. The molecule has 0 bridgehead atoms. The van der Waals surface area contributed by atoms with Crippen LogP contribution in [0.15, 0.2) is 0 Å². The van der Waals surface area contributed by atoms with E-state index in [-0.39, 0.29) is 18.0 Å². The van der Waals surface area contributed by atoms with Crippen molar-refractivity contribution in [3.63, 3.8) is 0 Å². The number of ketones is 1. The van der Waals surface area contributed by atoms with E-state index >= 15 is 0 Å². The molecule has 0 aromatic carbocycles. The average molecular weight is 254 g/mol. The third-order valence-corrected chi connectivity index (χ3v) is 3.26. The maximum absolute atomic E-state index is 11.9. The van der Waals surface area contributed by atoms with E-state index in [9.17, 15) is 9.59 Å². The van der Waals surface area contributed by atoms with Crippen LogP contribution in [0.2, 0.25) is 0 Å². The number of urea groups is 1. The summed E-state index contributed by atoms with van der Waals surface area (Å²) in [5.41, 5.74) is 0. The molecule has 0 spiro atoms. The smallest absolute Gasteiger partial charge is 0.317 e. The Kier molecular flexibility index (Phi) is 5.63. The van der Waals surface area contributed by atoms with Crippen LogP contribution in [-0.2, 0) is 4.79 Å². The Balaban J connectivity index is 2.36. The third kappa shape index (κ3) is 4.67. The van der Waals surface area contributed by atoms with E-state index in [2.05, 4.69) is 19.2 Å². The zero-order valence-corrected chi connectivity index (χ0v) is 12.0. The van der Waals surface area contributed by atoms with E-state index in [0.717, 1.165) is 12.8 Å². The van der Waals surface area contributed by atoms with Gasteiger partial charge in [0, 0.05) is 31.5 Å². The molecule has 0 atom stereocenters. The summed E-state index contributed by atoms with van der Waals surface area (Å²) in [5, 5.41) is 2.89. The normalized spacial score (nSPS) is 17.3. The van der Waals surface area contributed by atoms with Crippen LogP contribution >= 0.6 is 0 Å². The minimum Gasteiger partial charge on any atom is -0.336 e. The SMILES string of the molecule is CC(C)CC(=O)C1CCN(C(=O)NC(C)C)CC1. The summed E-state index contributed by atoms with van der Waals surface area (Å²) in [6.45, 7) is 9.46. The van der Waals surface area contributed by atoms with Gasteiger partial charge in [0.05, 0.1) is 0 Å². The van der Waals surface area contributed by atoms with Gasteiger partial charge in [0.15, 0.2) is 0 Å². The Morgan fingerprint density at radius 2 is 1.72 bits per heavy atom. The lowest BCUT2D eigenvalue weighted by Gasteiger charge is -2.32. The highest BCUT2D eigenvalue weighted by atomic mass is 16.2. The van der Waals surface area contributed by atoms with Crippen molar-refractivity contribution in [3.05, 3.63) is 0 Å². The molecule has 18 heavy (non-hydrogen) atoms. The molecule has 2 amide bonds. The lowest BCUT2D eigenvalue weighted by molar-refractivity contribution is -0.124. The van der Waals surface area contributed by atoms with E-state index in [1.165, 1.54) is 0 Å². The number of piperidine rings is 1. The van der Waals surface area contributed by atoms with Crippen LogP contribution in [0.3, 0.4) is 0 Å². The van der Waals surface area contributed by atoms with Crippen molar-refractivity contribution in [2.24, 2.45) is 11.8 Å². The Labute approximate surface area is 110 Å². The minimum atomic E-state index is -0.000224. The van der Waals surface area contributed by atoms with Crippen molar-refractivity contribution < 1.29 is 9.59 Å². The van der Waals surface area contributed by atoms with Gasteiger partial charge >= 0.3 is 6.03 Å². The summed E-state index contributed by atoms with van der Waals surface area (Å²) in [4.78, 5) is 25.6. The summed E-state index contributed by atoms with van der Waals surface area (Å²) in [7, 11) is 0. The molecule has 0 aromatic rings. The first-order valence-corrected chi connectivity index (χ1v) is 6.98. The van der Waals surface area contributed by atoms with Crippen LogP contribution in [0.5, 0.6) is 0 Å². The maximum atomic E-state index is 11.9. The van der Waals surface area contributed by atoms with Crippen molar-refractivity contribution in [2.75, 3.05) is 13.1 Å². The van der Waals surface area contributed by atoms with Crippen LogP contribution in [0, 0.1) is 11.8 Å². The van der Waals surface area contributed by atoms with Crippen molar-refractivity contribution in [1.29, 1.82) is 0 Å². The van der Waals surface area contributed by atoms with Crippen LogP contribution < -0.4 is 5.32 Å². The standard InChI is InChI=1S/C14H26N2O2/c1-10(2)9-13(17)12-5-7-16(8-6-12)14(18)15-11(3)4/h10-12H,5-9H2,1-4H3,(H,15,18). The number of carbonyl (C=O) groups is 2.